The summed E-state index contributed by atoms with van der Waals surface area (Å²) in [5, 5.41) is 19.3. The SMILES string of the molecule is CCCN(CC(=O)O)Cc1ccc([N+](=O)[O-])cc1. The molecule has 6 heteroatoms. The number of rotatable bonds is 7. The molecule has 1 N–H and O–H groups in total. The third-order valence-electron chi connectivity index (χ3n) is 2.45. The van der Waals surface area contributed by atoms with E-state index in [1.807, 2.05) is 6.92 Å². The standard InChI is InChI=1S/C12H16N2O4/c1-2-7-13(9-12(15)16)8-10-3-5-11(6-4-10)14(17)18/h3-6H,2,7-9H2,1H3,(H,15,16). The van der Waals surface area contributed by atoms with E-state index < -0.39 is 10.9 Å². The maximum Gasteiger partial charge on any atom is 0.317 e. The van der Waals surface area contributed by atoms with Crippen LogP contribution in [0.2, 0.25) is 0 Å². The molecule has 18 heavy (non-hydrogen) atoms. The van der Waals surface area contributed by atoms with Crippen molar-refractivity contribution in [3.05, 3.63) is 39.9 Å². The Morgan fingerprint density at radius 3 is 2.44 bits per heavy atom. The van der Waals surface area contributed by atoms with Crippen molar-refractivity contribution in [2.75, 3.05) is 13.1 Å². The van der Waals surface area contributed by atoms with Crippen LogP contribution in [0, 0.1) is 10.1 Å². The maximum atomic E-state index is 10.7. The highest BCUT2D eigenvalue weighted by Gasteiger charge is 2.10. The zero-order valence-corrected chi connectivity index (χ0v) is 10.2. The van der Waals surface area contributed by atoms with Gasteiger partial charge in [-0.15, -0.1) is 0 Å². The molecule has 0 bridgehead atoms. The van der Waals surface area contributed by atoms with Gasteiger partial charge in [-0.2, -0.15) is 0 Å². The first-order valence-corrected chi connectivity index (χ1v) is 5.70. The Labute approximate surface area is 105 Å². The molecule has 0 aliphatic heterocycles. The number of carbonyl (C=O) groups is 1. The third kappa shape index (κ3) is 4.50. The Morgan fingerprint density at radius 1 is 1.39 bits per heavy atom. The number of carboxylic acids is 1. The summed E-state index contributed by atoms with van der Waals surface area (Å²) in [6.45, 7) is 3.12. The van der Waals surface area contributed by atoms with E-state index in [1.54, 1.807) is 17.0 Å². The highest BCUT2D eigenvalue weighted by Crippen LogP contribution is 2.13. The molecule has 0 atom stereocenters. The number of aliphatic carboxylic acids is 1. The fraction of sp³-hybridized carbons (Fsp3) is 0.417. The van der Waals surface area contributed by atoms with Crippen molar-refractivity contribution in [3.63, 3.8) is 0 Å². The summed E-state index contributed by atoms with van der Waals surface area (Å²) in [7, 11) is 0. The Kier molecular flexibility index (Phi) is 5.26. The van der Waals surface area contributed by atoms with Gasteiger partial charge in [-0.05, 0) is 18.5 Å². The van der Waals surface area contributed by atoms with Gasteiger partial charge in [-0.25, -0.2) is 0 Å². The second-order valence-electron chi connectivity index (χ2n) is 4.03. The van der Waals surface area contributed by atoms with Crippen LogP contribution < -0.4 is 0 Å². The van der Waals surface area contributed by atoms with E-state index in [4.69, 9.17) is 5.11 Å². The van der Waals surface area contributed by atoms with Crippen LogP contribution in [0.5, 0.6) is 0 Å². The molecule has 0 amide bonds. The number of carboxylic acid groups (broad SMARTS) is 1. The third-order valence-corrected chi connectivity index (χ3v) is 2.45. The lowest BCUT2D eigenvalue weighted by Gasteiger charge is -2.19. The number of benzene rings is 1. The van der Waals surface area contributed by atoms with Gasteiger partial charge in [0.2, 0.25) is 0 Å². The molecule has 0 saturated carbocycles. The number of nitrogens with zero attached hydrogens (tertiary/aromatic N) is 2. The Hall–Kier alpha value is -1.95. The molecule has 0 fully saturated rings. The van der Waals surface area contributed by atoms with E-state index in [9.17, 15) is 14.9 Å². The van der Waals surface area contributed by atoms with Gasteiger partial charge in [0.15, 0.2) is 0 Å². The lowest BCUT2D eigenvalue weighted by atomic mass is 10.2. The minimum Gasteiger partial charge on any atom is -0.480 e. The van der Waals surface area contributed by atoms with Crippen LogP contribution in [0.1, 0.15) is 18.9 Å². The van der Waals surface area contributed by atoms with Gasteiger partial charge in [-0.3, -0.25) is 19.8 Å². The van der Waals surface area contributed by atoms with E-state index >= 15 is 0 Å². The first-order valence-electron chi connectivity index (χ1n) is 5.70. The average molecular weight is 252 g/mol. The van der Waals surface area contributed by atoms with E-state index in [0.717, 1.165) is 12.0 Å². The number of hydrogen-bond acceptors (Lipinski definition) is 4. The van der Waals surface area contributed by atoms with Gasteiger partial charge in [-0.1, -0.05) is 19.1 Å². The van der Waals surface area contributed by atoms with Crippen molar-refractivity contribution in [1.29, 1.82) is 0 Å². The summed E-state index contributed by atoms with van der Waals surface area (Å²) in [5.41, 5.74) is 0.911. The number of nitro groups is 1. The minimum atomic E-state index is -0.870. The Balaban J connectivity index is 2.68. The summed E-state index contributed by atoms with van der Waals surface area (Å²) in [6, 6.07) is 6.17. The maximum absolute atomic E-state index is 10.7. The predicted molar refractivity (Wildman–Crippen MR) is 66.3 cm³/mol. The largest absolute Gasteiger partial charge is 0.480 e. The fourth-order valence-electron chi connectivity index (χ4n) is 1.70. The van der Waals surface area contributed by atoms with Crippen LogP contribution in [-0.4, -0.2) is 34.0 Å². The van der Waals surface area contributed by atoms with Crippen molar-refractivity contribution in [2.24, 2.45) is 0 Å². The van der Waals surface area contributed by atoms with Crippen molar-refractivity contribution in [3.8, 4) is 0 Å². The molecule has 6 nitrogen and oxygen atoms in total. The predicted octanol–water partition coefficient (Wildman–Crippen LogP) is 1.89. The van der Waals surface area contributed by atoms with Crippen molar-refractivity contribution < 1.29 is 14.8 Å². The monoisotopic (exact) mass is 252 g/mol. The van der Waals surface area contributed by atoms with Gasteiger partial charge < -0.3 is 5.11 Å². The molecule has 0 spiro atoms. The second kappa shape index (κ2) is 6.70. The van der Waals surface area contributed by atoms with Crippen molar-refractivity contribution in [1.82, 2.24) is 4.90 Å². The number of non-ortho nitro benzene ring substituents is 1. The lowest BCUT2D eigenvalue weighted by molar-refractivity contribution is -0.384. The van der Waals surface area contributed by atoms with Gasteiger partial charge in [0.25, 0.3) is 5.69 Å². The van der Waals surface area contributed by atoms with Crippen LogP contribution in [-0.2, 0) is 11.3 Å². The van der Waals surface area contributed by atoms with Crippen molar-refractivity contribution in [2.45, 2.75) is 19.9 Å². The molecule has 1 rings (SSSR count). The quantitative estimate of drug-likeness (QED) is 0.591. The summed E-state index contributed by atoms with van der Waals surface area (Å²) in [5.74, 6) is -0.870. The van der Waals surface area contributed by atoms with Crippen LogP contribution in [0.4, 0.5) is 5.69 Å². The van der Waals surface area contributed by atoms with E-state index in [-0.39, 0.29) is 12.2 Å². The van der Waals surface area contributed by atoms with E-state index in [2.05, 4.69) is 0 Å². The molecule has 0 heterocycles. The molecule has 0 saturated heterocycles. The Morgan fingerprint density at radius 2 is 2.00 bits per heavy atom. The van der Waals surface area contributed by atoms with E-state index in [1.165, 1.54) is 12.1 Å². The van der Waals surface area contributed by atoms with Gasteiger partial charge in [0, 0.05) is 18.7 Å². The molecular weight excluding hydrogens is 236 g/mol. The zero-order valence-electron chi connectivity index (χ0n) is 10.2. The summed E-state index contributed by atoms with van der Waals surface area (Å²) in [6.07, 6.45) is 0.861. The molecule has 0 aliphatic rings. The molecule has 1 aromatic carbocycles. The molecule has 0 radical (unpaired) electrons. The minimum absolute atomic E-state index is 0.0230. The first kappa shape index (κ1) is 14.1. The van der Waals surface area contributed by atoms with Crippen molar-refractivity contribution >= 4 is 11.7 Å². The zero-order chi connectivity index (χ0) is 13.5. The highest BCUT2D eigenvalue weighted by atomic mass is 16.6. The molecule has 0 unspecified atom stereocenters. The van der Waals surface area contributed by atoms with Crippen LogP contribution in [0.3, 0.4) is 0 Å². The molecule has 98 valence electrons. The average Bonchev–Trinajstić information content (AvgIpc) is 2.29. The van der Waals surface area contributed by atoms with Crippen LogP contribution in [0.15, 0.2) is 24.3 Å². The highest BCUT2D eigenvalue weighted by molar-refractivity contribution is 5.69. The normalized spacial score (nSPS) is 10.6. The second-order valence-corrected chi connectivity index (χ2v) is 4.03. The van der Waals surface area contributed by atoms with E-state index in [0.29, 0.717) is 13.1 Å². The smallest absolute Gasteiger partial charge is 0.317 e. The van der Waals surface area contributed by atoms with Crippen LogP contribution in [0.25, 0.3) is 0 Å². The summed E-state index contributed by atoms with van der Waals surface area (Å²) in [4.78, 5) is 22.5. The summed E-state index contributed by atoms with van der Waals surface area (Å²) < 4.78 is 0. The van der Waals surface area contributed by atoms with Gasteiger partial charge in [0.1, 0.15) is 0 Å². The fourth-order valence-corrected chi connectivity index (χ4v) is 1.70. The van der Waals surface area contributed by atoms with Gasteiger partial charge in [0.05, 0.1) is 11.5 Å². The molecule has 1 aromatic rings. The number of hydrogen-bond donors (Lipinski definition) is 1. The number of nitro benzene ring substituents is 1. The first-order chi connectivity index (χ1) is 8.52. The Bertz CT molecular complexity index is 417. The molecule has 0 aliphatic carbocycles. The lowest BCUT2D eigenvalue weighted by Crippen LogP contribution is -2.30. The molecule has 0 aromatic heterocycles. The van der Waals surface area contributed by atoms with Crippen LogP contribution >= 0.6 is 0 Å². The molecular formula is C12H16N2O4. The topological polar surface area (TPSA) is 83.7 Å². The summed E-state index contributed by atoms with van der Waals surface area (Å²) >= 11 is 0. The van der Waals surface area contributed by atoms with Gasteiger partial charge >= 0.3 is 5.97 Å².